The van der Waals surface area contributed by atoms with Crippen molar-refractivity contribution in [1.82, 2.24) is 15.0 Å². The van der Waals surface area contributed by atoms with Crippen molar-refractivity contribution in [3.05, 3.63) is 18.0 Å². The summed E-state index contributed by atoms with van der Waals surface area (Å²) in [5, 5.41) is 0. The molecule has 0 aliphatic carbocycles. The number of hydrogen-bond donors (Lipinski definition) is 1. The van der Waals surface area contributed by atoms with E-state index in [1.807, 2.05) is 31.1 Å². The first-order valence-electron chi connectivity index (χ1n) is 4.72. The number of H-pyrrole nitrogens is 1. The van der Waals surface area contributed by atoms with Crippen LogP contribution in [0.2, 0.25) is 0 Å². The van der Waals surface area contributed by atoms with Crippen LogP contribution < -0.4 is 4.90 Å². The van der Waals surface area contributed by atoms with Gasteiger partial charge in [0, 0.05) is 21.2 Å². The molecular weight excluding hydrogens is 192 g/mol. The summed E-state index contributed by atoms with van der Waals surface area (Å²) in [5.41, 5.74) is 1.67. The number of nitrogens with zero attached hydrogens (tertiary/aromatic N) is 3. The summed E-state index contributed by atoms with van der Waals surface area (Å²) in [6, 6.07) is 3.93. The lowest BCUT2D eigenvalue weighted by atomic mass is 10.4. The standard InChI is InChI=1S/C10H14N4O/c1-14(2)9-5-4-7-10(13-9)12-8(11-7)6-15-3/h4-5H,6H2,1-3H3,(H,11,12,13). The third-order valence-corrected chi connectivity index (χ3v) is 2.12. The Balaban J connectivity index is 2.43. The van der Waals surface area contributed by atoms with E-state index in [-0.39, 0.29) is 0 Å². The Kier molecular flexibility index (Phi) is 2.55. The van der Waals surface area contributed by atoms with Crippen LogP contribution >= 0.6 is 0 Å². The van der Waals surface area contributed by atoms with Crippen LogP contribution in [0.25, 0.3) is 11.2 Å². The van der Waals surface area contributed by atoms with Crippen LogP contribution in [-0.2, 0) is 11.3 Å². The van der Waals surface area contributed by atoms with Crippen molar-refractivity contribution in [2.75, 3.05) is 26.1 Å². The van der Waals surface area contributed by atoms with Crippen LogP contribution in [0.1, 0.15) is 5.82 Å². The first-order valence-corrected chi connectivity index (χ1v) is 4.72. The van der Waals surface area contributed by atoms with E-state index in [4.69, 9.17) is 4.74 Å². The summed E-state index contributed by atoms with van der Waals surface area (Å²) in [5.74, 6) is 1.70. The Morgan fingerprint density at radius 1 is 1.33 bits per heavy atom. The molecule has 1 N–H and O–H groups in total. The number of rotatable bonds is 3. The van der Waals surface area contributed by atoms with E-state index >= 15 is 0 Å². The first-order chi connectivity index (χ1) is 7.20. The van der Waals surface area contributed by atoms with Crippen molar-refractivity contribution in [3.8, 4) is 0 Å². The third-order valence-electron chi connectivity index (χ3n) is 2.12. The fraction of sp³-hybridized carbons (Fsp3) is 0.400. The van der Waals surface area contributed by atoms with E-state index in [0.29, 0.717) is 6.61 Å². The van der Waals surface area contributed by atoms with Crippen molar-refractivity contribution in [2.24, 2.45) is 0 Å². The van der Waals surface area contributed by atoms with Crippen molar-refractivity contribution < 1.29 is 4.74 Å². The van der Waals surface area contributed by atoms with Crippen molar-refractivity contribution in [2.45, 2.75) is 6.61 Å². The van der Waals surface area contributed by atoms with Gasteiger partial charge < -0.3 is 14.6 Å². The van der Waals surface area contributed by atoms with E-state index < -0.39 is 0 Å². The molecule has 0 saturated carbocycles. The molecule has 0 aromatic carbocycles. The lowest BCUT2D eigenvalue weighted by molar-refractivity contribution is 0.179. The largest absolute Gasteiger partial charge is 0.377 e. The molecule has 0 aliphatic rings. The number of aromatic nitrogens is 3. The second kappa shape index (κ2) is 3.86. The third kappa shape index (κ3) is 1.92. The quantitative estimate of drug-likeness (QED) is 0.819. The lowest BCUT2D eigenvalue weighted by Crippen LogP contribution is -2.10. The highest BCUT2D eigenvalue weighted by Crippen LogP contribution is 2.14. The van der Waals surface area contributed by atoms with Gasteiger partial charge in [0.15, 0.2) is 5.65 Å². The minimum atomic E-state index is 0.480. The maximum Gasteiger partial charge on any atom is 0.179 e. The van der Waals surface area contributed by atoms with Crippen molar-refractivity contribution >= 4 is 17.0 Å². The molecule has 5 nitrogen and oxygen atoms in total. The van der Waals surface area contributed by atoms with Crippen LogP contribution in [0.5, 0.6) is 0 Å². The maximum atomic E-state index is 5.00. The molecule has 15 heavy (non-hydrogen) atoms. The molecule has 0 saturated heterocycles. The molecule has 2 aromatic rings. The van der Waals surface area contributed by atoms with Gasteiger partial charge in [-0.05, 0) is 12.1 Å². The number of fused-ring (bicyclic) bond motifs is 1. The molecule has 0 aliphatic heterocycles. The van der Waals surface area contributed by atoms with Crippen LogP contribution in [-0.4, -0.2) is 36.2 Å². The van der Waals surface area contributed by atoms with Gasteiger partial charge in [0.25, 0.3) is 0 Å². The molecule has 2 heterocycles. The number of imidazole rings is 1. The molecule has 0 amide bonds. The number of anilines is 1. The highest BCUT2D eigenvalue weighted by atomic mass is 16.5. The first kappa shape index (κ1) is 9.92. The van der Waals surface area contributed by atoms with E-state index in [1.165, 1.54) is 0 Å². The maximum absolute atomic E-state index is 5.00. The zero-order valence-corrected chi connectivity index (χ0v) is 9.11. The average molecular weight is 206 g/mol. The van der Waals surface area contributed by atoms with Crippen LogP contribution in [0, 0.1) is 0 Å². The molecule has 0 unspecified atom stereocenters. The Hall–Kier alpha value is -1.62. The molecule has 0 fully saturated rings. The molecule has 0 radical (unpaired) electrons. The van der Waals surface area contributed by atoms with Gasteiger partial charge in [-0.3, -0.25) is 0 Å². The smallest absolute Gasteiger partial charge is 0.179 e. The number of hydrogen-bond acceptors (Lipinski definition) is 4. The summed E-state index contributed by atoms with van der Waals surface area (Å²) in [7, 11) is 5.56. The molecule has 2 aromatic heterocycles. The minimum Gasteiger partial charge on any atom is -0.377 e. The minimum absolute atomic E-state index is 0.480. The van der Waals surface area contributed by atoms with E-state index in [9.17, 15) is 0 Å². The van der Waals surface area contributed by atoms with Gasteiger partial charge in [-0.15, -0.1) is 0 Å². The summed E-state index contributed by atoms with van der Waals surface area (Å²) < 4.78 is 5.00. The Morgan fingerprint density at radius 3 is 2.80 bits per heavy atom. The Labute approximate surface area is 88.1 Å². The summed E-state index contributed by atoms with van der Waals surface area (Å²) in [6.45, 7) is 0.480. The number of ether oxygens (including phenoxy) is 1. The Bertz CT molecular complexity index is 463. The zero-order valence-electron chi connectivity index (χ0n) is 9.11. The van der Waals surface area contributed by atoms with Gasteiger partial charge in [-0.25, -0.2) is 9.97 Å². The zero-order chi connectivity index (χ0) is 10.8. The van der Waals surface area contributed by atoms with Gasteiger partial charge in [-0.2, -0.15) is 0 Å². The molecular formula is C10H14N4O. The van der Waals surface area contributed by atoms with Crippen LogP contribution in [0.4, 0.5) is 5.82 Å². The highest BCUT2D eigenvalue weighted by Gasteiger charge is 2.05. The van der Waals surface area contributed by atoms with Gasteiger partial charge >= 0.3 is 0 Å². The van der Waals surface area contributed by atoms with Gasteiger partial charge in [0.2, 0.25) is 0 Å². The van der Waals surface area contributed by atoms with Crippen LogP contribution in [0.3, 0.4) is 0 Å². The van der Waals surface area contributed by atoms with E-state index in [1.54, 1.807) is 7.11 Å². The fourth-order valence-corrected chi connectivity index (χ4v) is 1.39. The monoisotopic (exact) mass is 206 g/mol. The van der Waals surface area contributed by atoms with E-state index in [0.717, 1.165) is 22.8 Å². The number of nitrogens with one attached hydrogen (secondary N) is 1. The topological polar surface area (TPSA) is 54.0 Å². The normalized spacial score (nSPS) is 10.9. The van der Waals surface area contributed by atoms with Crippen LogP contribution in [0.15, 0.2) is 12.1 Å². The fourth-order valence-electron chi connectivity index (χ4n) is 1.39. The Morgan fingerprint density at radius 2 is 2.13 bits per heavy atom. The lowest BCUT2D eigenvalue weighted by Gasteiger charge is -2.09. The molecule has 0 atom stereocenters. The molecule has 80 valence electrons. The summed E-state index contributed by atoms with van der Waals surface area (Å²) in [6.07, 6.45) is 0. The van der Waals surface area contributed by atoms with Gasteiger partial charge in [0.05, 0.1) is 5.52 Å². The van der Waals surface area contributed by atoms with Gasteiger partial charge in [0.1, 0.15) is 18.2 Å². The SMILES string of the molecule is COCc1nc2nc(N(C)C)ccc2[nH]1. The van der Waals surface area contributed by atoms with Crippen molar-refractivity contribution in [3.63, 3.8) is 0 Å². The summed E-state index contributed by atoms with van der Waals surface area (Å²) in [4.78, 5) is 13.8. The number of pyridine rings is 1. The molecule has 0 bridgehead atoms. The second-order valence-corrected chi connectivity index (χ2v) is 3.55. The summed E-state index contributed by atoms with van der Waals surface area (Å²) >= 11 is 0. The number of aromatic amines is 1. The average Bonchev–Trinajstić information content (AvgIpc) is 2.59. The highest BCUT2D eigenvalue weighted by molar-refractivity contribution is 5.72. The predicted octanol–water partition coefficient (Wildman–Crippen LogP) is 1.17. The molecule has 5 heteroatoms. The van der Waals surface area contributed by atoms with Crippen molar-refractivity contribution in [1.29, 1.82) is 0 Å². The molecule has 0 spiro atoms. The second-order valence-electron chi connectivity index (χ2n) is 3.55. The predicted molar refractivity (Wildman–Crippen MR) is 58.9 cm³/mol. The molecule has 2 rings (SSSR count). The van der Waals surface area contributed by atoms with Gasteiger partial charge in [-0.1, -0.05) is 0 Å². The number of methoxy groups -OCH3 is 1. The van der Waals surface area contributed by atoms with E-state index in [2.05, 4.69) is 15.0 Å².